The highest BCUT2D eigenvalue weighted by Gasteiger charge is 2.35. The molecule has 4 aromatic rings. The summed E-state index contributed by atoms with van der Waals surface area (Å²) < 4.78 is 2.58. The van der Waals surface area contributed by atoms with Crippen LogP contribution in [0.5, 0.6) is 0 Å². The fourth-order valence-electron chi connectivity index (χ4n) is 3.71. The van der Waals surface area contributed by atoms with Crippen LogP contribution in [0, 0.1) is 5.92 Å². The summed E-state index contributed by atoms with van der Waals surface area (Å²) in [6.07, 6.45) is 2.71. The van der Waals surface area contributed by atoms with Gasteiger partial charge in [0.1, 0.15) is 11.7 Å². The Hall–Kier alpha value is -3.98. The van der Waals surface area contributed by atoms with Crippen LogP contribution in [-0.4, -0.2) is 37.8 Å². The third-order valence-electron chi connectivity index (χ3n) is 5.35. The van der Waals surface area contributed by atoms with Gasteiger partial charge in [0.15, 0.2) is 5.65 Å². The van der Waals surface area contributed by atoms with Crippen LogP contribution in [-0.2, 0) is 9.59 Å². The molecule has 160 valence electrons. The number of benzene rings is 2. The van der Waals surface area contributed by atoms with Crippen LogP contribution in [0.1, 0.15) is 6.42 Å². The number of carbonyl (C=O) groups excluding carboxylic acids is 2. The first-order valence-electron chi connectivity index (χ1n) is 9.89. The summed E-state index contributed by atoms with van der Waals surface area (Å²) in [4.78, 5) is 43.9. The molecule has 1 aliphatic heterocycles. The molecular formula is C22H17ClN6O3. The molecule has 1 fully saturated rings. The second kappa shape index (κ2) is 7.93. The number of fused-ring (bicyclic) bond motifs is 1. The monoisotopic (exact) mass is 448 g/mol. The first-order chi connectivity index (χ1) is 15.5. The maximum absolute atomic E-state index is 12.9. The van der Waals surface area contributed by atoms with E-state index in [-0.39, 0.29) is 24.3 Å². The Morgan fingerprint density at radius 2 is 1.78 bits per heavy atom. The molecule has 1 N–H and O–H groups in total. The van der Waals surface area contributed by atoms with Crippen molar-refractivity contribution in [3.63, 3.8) is 0 Å². The number of rotatable bonds is 4. The number of halogens is 1. The van der Waals surface area contributed by atoms with Crippen LogP contribution in [0.25, 0.3) is 16.7 Å². The standard InChI is InChI=1S/C22H17ClN6O3/c23-15-6-8-16(9-7-15)27-12-14(10-19(27)30)21(31)26-28-13-24-20-18(22(28)32)11-25-29(20)17-4-2-1-3-5-17/h1-9,11,13-14H,10,12H2,(H,26,31). The Bertz CT molecular complexity index is 1380. The molecule has 3 heterocycles. The zero-order valence-corrected chi connectivity index (χ0v) is 17.4. The molecule has 9 nitrogen and oxygen atoms in total. The SMILES string of the molecule is O=C(Nn1cnc2c(cnn2-c2ccccc2)c1=O)C1CC(=O)N(c2ccc(Cl)cc2)C1. The minimum atomic E-state index is -0.604. The topological polar surface area (TPSA) is 102 Å². The van der Waals surface area contributed by atoms with Gasteiger partial charge in [-0.25, -0.2) is 14.3 Å². The van der Waals surface area contributed by atoms with Gasteiger partial charge in [-0.05, 0) is 36.4 Å². The molecule has 0 spiro atoms. The average Bonchev–Trinajstić information content (AvgIpc) is 3.41. The van der Waals surface area contributed by atoms with Crippen LogP contribution >= 0.6 is 11.6 Å². The number of carbonyl (C=O) groups is 2. The van der Waals surface area contributed by atoms with Gasteiger partial charge in [-0.2, -0.15) is 5.10 Å². The predicted molar refractivity (Wildman–Crippen MR) is 119 cm³/mol. The summed E-state index contributed by atoms with van der Waals surface area (Å²) in [5.41, 5.74) is 3.93. The predicted octanol–water partition coefficient (Wildman–Crippen LogP) is 2.36. The molecule has 0 saturated carbocycles. The van der Waals surface area contributed by atoms with E-state index in [1.165, 1.54) is 17.4 Å². The molecule has 1 aliphatic rings. The molecule has 1 atom stereocenters. The highest BCUT2D eigenvalue weighted by atomic mass is 35.5. The van der Waals surface area contributed by atoms with Gasteiger partial charge in [0.25, 0.3) is 5.56 Å². The van der Waals surface area contributed by atoms with Gasteiger partial charge in [-0.15, -0.1) is 0 Å². The van der Waals surface area contributed by atoms with Gasteiger partial charge in [-0.1, -0.05) is 29.8 Å². The van der Waals surface area contributed by atoms with E-state index in [1.807, 2.05) is 30.3 Å². The van der Waals surface area contributed by atoms with E-state index in [9.17, 15) is 14.4 Å². The van der Waals surface area contributed by atoms with E-state index in [2.05, 4.69) is 15.5 Å². The van der Waals surface area contributed by atoms with E-state index in [4.69, 9.17) is 11.6 Å². The molecule has 2 aromatic carbocycles. The second-order valence-corrected chi connectivity index (χ2v) is 7.84. The number of anilines is 1. The van der Waals surface area contributed by atoms with E-state index in [0.717, 1.165) is 10.4 Å². The van der Waals surface area contributed by atoms with Gasteiger partial charge in [-0.3, -0.25) is 19.8 Å². The molecule has 0 radical (unpaired) electrons. The van der Waals surface area contributed by atoms with Crippen molar-refractivity contribution >= 4 is 40.1 Å². The maximum Gasteiger partial charge on any atom is 0.283 e. The van der Waals surface area contributed by atoms with E-state index < -0.39 is 17.4 Å². The minimum Gasteiger partial charge on any atom is -0.312 e. The average molecular weight is 449 g/mol. The molecule has 2 amide bonds. The van der Waals surface area contributed by atoms with Gasteiger partial charge in [0.2, 0.25) is 11.8 Å². The van der Waals surface area contributed by atoms with Crippen LogP contribution < -0.4 is 15.9 Å². The summed E-state index contributed by atoms with van der Waals surface area (Å²) in [5.74, 6) is -1.21. The fraction of sp³-hybridized carbons (Fsp3) is 0.136. The molecule has 5 rings (SSSR count). The van der Waals surface area contributed by atoms with Crippen molar-refractivity contribution in [3.05, 3.63) is 82.5 Å². The number of hydrogen-bond acceptors (Lipinski definition) is 5. The highest BCUT2D eigenvalue weighted by molar-refractivity contribution is 6.30. The summed E-state index contributed by atoms with van der Waals surface area (Å²) in [6, 6.07) is 16.1. The lowest BCUT2D eigenvalue weighted by atomic mass is 10.1. The molecule has 0 aliphatic carbocycles. The van der Waals surface area contributed by atoms with Crippen LogP contribution in [0.4, 0.5) is 5.69 Å². The van der Waals surface area contributed by atoms with Crippen molar-refractivity contribution in [2.75, 3.05) is 16.9 Å². The molecule has 0 bridgehead atoms. The van der Waals surface area contributed by atoms with Crippen molar-refractivity contribution in [1.82, 2.24) is 19.4 Å². The van der Waals surface area contributed by atoms with Crippen LogP contribution in [0.2, 0.25) is 5.02 Å². The van der Waals surface area contributed by atoms with E-state index >= 15 is 0 Å². The lowest BCUT2D eigenvalue weighted by Crippen LogP contribution is -2.37. The molecule has 2 aromatic heterocycles. The quantitative estimate of drug-likeness (QED) is 0.516. The Morgan fingerprint density at radius 1 is 1.03 bits per heavy atom. The smallest absolute Gasteiger partial charge is 0.283 e. The lowest BCUT2D eigenvalue weighted by Gasteiger charge is -2.17. The molecule has 1 saturated heterocycles. The van der Waals surface area contributed by atoms with Gasteiger partial charge in [0.05, 0.1) is 17.8 Å². The number of hydrogen-bond donors (Lipinski definition) is 1. The molecular weight excluding hydrogens is 432 g/mol. The van der Waals surface area contributed by atoms with Crippen molar-refractivity contribution in [2.24, 2.45) is 5.92 Å². The summed E-state index contributed by atoms with van der Waals surface area (Å²) in [5, 5.41) is 5.08. The zero-order valence-electron chi connectivity index (χ0n) is 16.7. The Labute approximate surface area is 186 Å². The second-order valence-electron chi connectivity index (χ2n) is 7.41. The van der Waals surface area contributed by atoms with E-state index in [1.54, 1.807) is 28.9 Å². The first-order valence-corrected chi connectivity index (χ1v) is 10.3. The third kappa shape index (κ3) is 3.52. The Kier molecular flexibility index (Phi) is 4.95. The summed E-state index contributed by atoms with van der Waals surface area (Å²) in [6.45, 7) is 0.211. The van der Waals surface area contributed by atoms with Gasteiger partial charge < -0.3 is 4.90 Å². The van der Waals surface area contributed by atoms with Crippen LogP contribution in [0.15, 0.2) is 71.9 Å². The van der Waals surface area contributed by atoms with Crippen molar-refractivity contribution in [3.8, 4) is 5.69 Å². The number of nitrogens with one attached hydrogen (secondary N) is 1. The molecule has 10 heteroatoms. The fourth-order valence-corrected chi connectivity index (χ4v) is 3.84. The zero-order chi connectivity index (χ0) is 22.2. The van der Waals surface area contributed by atoms with Crippen LogP contribution in [0.3, 0.4) is 0 Å². The van der Waals surface area contributed by atoms with Crippen molar-refractivity contribution < 1.29 is 9.59 Å². The van der Waals surface area contributed by atoms with Gasteiger partial charge in [0, 0.05) is 23.7 Å². The van der Waals surface area contributed by atoms with Crippen molar-refractivity contribution in [1.29, 1.82) is 0 Å². The number of nitrogens with zero attached hydrogens (tertiary/aromatic N) is 5. The van der Waals surface area contributed by atoms with E-state index in [0.29, 0.717) is 16.4 Å². The molecule has 32 heavy (non-hydrogen) atoms. The molecule has 1 unspecified atom stereocenters. The largest absolute Gasteiger partial charge is 0.312 e. The number of aromatic nitrogens is 4. The maximum atomic E-state index is 12.9. The number of amides is 2. The third-order valence-corrected chi connectivity index (χ3v) is 5.61. The first kappa shape index (κ1) is 20.0. The number of para-hydroxylation sites is 1. The van der Waals surface area contributed by atoms with Gasteiger partial charge >= 0.3 is 0 Å². The Balaban J connectivity index is 1.36. The normalized spacial score (nSPS) is 16.0. The summed E-state index contributed by atoms with van der Waals surface area (Å²) >= 11 is 5.90. The summed E-state index contributed by atoms with van der Waals surface area (Å²) in [7, 11) is 0. The lowest BCUT2D eigenvalue weighted by molar-refractivity contribution is -0.123. The minimum absolute atomic E-state index is 0.0465. The Morgan fingerprint density at radius 3 is 2.53 bits per heavy atom. The highest BCUT2D eigenvalue weighted by Crippen LogP contribution is 2.26. The van der Waals surface area contributed by atoms with Crippen molar-refractivity contribution in [2.45, 2.75) is 6.42 Å².